The van der Waals surface area contributed by atoms with E-state index in [1.54, 1.807) is 19.1 Å². The molecule has 2 N–H and O–H groups in total. The van der Waals surface area contributed by atoms with Crippen molar-refractivity contribution in [3.63, 3.8) is 0 Å². The Balaban J connectivity index is 1.86. The SMILES string of the molecule is CC(C(=O)O)C1CN(Cc2ccc(O)c(Cl)c2)C1. The van der Waals surface area contributed by atoms with Crippen LogP contribution >= 0.6 is 11.6 Å². The van der Waals surface area contributed by atoms with Crippen molar-refractivity contribution in [2.24, 2.45) is 11.8 Å². The lowest BCUT2D eigenvalue weighted by Gasteiger charge is -2.41. The standard InChI is InChI=1S/C13H16ClNO3/c1-8(13(17)18)10-6-15(7-10)5-9-2-3-12(16)11(14)4-9/h2-4,8,10,16H,5-7H2,1H3,(H,17,18). The van der Waals surface area contributed by atoms with Gasteiger partial charge in [-0.2, -0.15) is 0 Å². The van der Waals surface area contributed by atoms with Crippen molar-refractivity contribution in [3.05, 3.63) is 28.8 Å². The van der Waals surface area contributed by atoms with Crippen LogP contribution in [0.4, 0.5) is 0 Å². The van der Waals surface area contributed by atoms with Crippen molar-refractivity contribution in [1.29, 1.82) is 0 Å². The number of likely N-dealkylation sites (tertiary alicyclic amines) is 1. The maximum Gasteiger partial charge on any atom is 0.306 e. The van der Waals surface area contributed by atoms with Crippen LogP contribution in [-0.2, 0) is 11.3 Å². The zero-order chi connectivity index (χ0) is 13.3. The first kappa shape index (κ1) is 13.2. The van der Waals surface area contributed by atoms with Crippen LogP contribution in [0, 0.1) is 11.8 Å². The summed E-state index contributed by atoms with van der Waals surface area (Å²) in [5, 5.41) is 18.6. The Morgan fingerprint density at radius 3 is 2.78 bits per heavy atom. The molecule has 0 saturated carbocycles. The molecule has 1 aromatic rings. The Kier molecular flexibility index (Phi) is 3.78. The quantitative estimate of drug-likeness (QED) is 0.880. The Morgan fingerprint density at radius 2 is 2.22 bits per heavy atom. The van der Waals surface area contributed by atoms with Crippen LogP contribution in [0.2, 0.25) is 5.02 Å². The monoisotopic (exact) mass is 269 g/mol. The average Bonchev–Trinajstić information content (AvgIpc) is 2.26. The predicted molar refractivity (Wildman–Crippen MR) is 68.7 cm³/mol. The van der Waals surface area contributed by atoms with Gasteiger partial charge in [0.15, 0.2) is 0 Å². The minimum absolute atomic E-state index is 0.0846. The second-order valence-electron chi connectivity index (χ2n) is 4.87. The fraction of sp³-hybridized carbons (Fsp3) is 0.462. The summed E-state index contributed by atoms with van der Waals surface area (Å²) in [7, 11) is 0. The van der Waals surface area contributed by atoms with Crippen molar-refractivity contribution >= 4 is 17.6 Å². The average molecular weight is 270 g/mol. The number of nitrogens with zero attached hydrogens (tertiary/aromatic N) is 1. The summed E-state index contributed by atoms with van der Waals surface area (Å²) in [5.74, 6) is -0.700. The molecule has 1 aliphatic rings. The van der Waals surface area contributed by atoms with E-state index in [9.17, 15) is 9.90 Å². The molecule has 1 unspecified atom stereocenters. The molecule has 5 heteroatoms. The molecule has 0 bridgehead atoms. The molecule has 1 aliphatic heterocycles. The number of hydrogen-bond acceptors (Lipinski definition) is 3. The van der Waals surface area contributed by atoms with E-state index in [-0.39, 0.29) is 17.6 Å². The first-order valence-corrected chi connectivity index (χ1v) is 6.27. The van der Waals surface area contributed by atoms with E-state index < -0.39 is 5.97 Å². The molecular formula is C13H16ClNO3. The van der Waals surface area contributed by atoms with Crippen LogP contribution < -0.4 is 0 Å². The van der Waals surface area contributed by atoms with Gasteiger partial charge in [0.05, 0.1) is 10.9 Å². The molecule has 0 aromatic heterocycles. The number of carbonyl (C=O) groups is 1. The minimum Gasteiger partial charge on any atom is -0.506 e. The number of carboxylic acids is 1. The van der Waals surface area contributed by atoms with Gasteiger partial charge in [-0.25, -0.2) is 0 Å². The van der Waals surface area contributed by atoms with Crippen LogP contribution in [0.3, 0.4) is 0 Å². The molecule has 98 valence electrons. The number of hydrogen-bond donors (Lipinski definition) is 2. The number of aromatic hydroxyl groups is 1. The van der Waals surface area contributed by atoms with Crippen LogP contribution in [0.25, 0.3) is 0 Å². The Hall–Kier alpha value is -1.26. The molecule has 4 nitrogen and oxygen atoms in total. The zero-order valence-electron chi connectivity index (χ0n) is 10.1. The van der Waals surface area contributed by atoms with E-state index in [4.69, 9.17) is 16.7 Å². The van der Waals surface area contributed by atoms with Gasteiger partial charge < -0.3 is 10.2 Å². The highest BCUT2D eigenvalue weighted by molar-refractivity contribution is 6.32. The molecule has 1 fully saturated rings. The van der Waals surface area contributed by atoms with Gasteiger partial charge in [-0.05, 0) is 23.6 Å². The van der Waals surface area contributed by atoms with Gasteiger partial charge in [0.25, 0.3) is 0 Å². The largest absolute Gasteiger partial charge is 0.506 e. The van der Waals surface area contributed by atoms with E-state index in [2.05, 4.69) is 4.90 Å². The summed E-state index contributed by atoms with van der Waals surface area (Å²) in [4.78, 5) is 13.0. The summed E-state index contributed by atoms with van der Waals surface area (Å²) in [6.07, 6.45) is 0. The molecule has 18 heavy (non-hydrogen) atoms. The van der Waals surface area contributed by atoms with E-state index in [1.165, 1.54) is 0 Å². The lowest BCUT2D eigenvalue weighted by molar-refractivity contribution is -0.145. The van der Waals surface area contributed by atoms with Crippen LogP contribution in [0.1, 0.15) is 12.5 Å². The van der Waals surface area contributed by atoms with Crippen molar-refractivity contribution in [2.45, 2.75) is 13.5 Å². The van der Waals surface area contributed by atoms with Gasteiger partial charge in [0.1, 0.15) is 5.75 Å². The van der Waals surface area contributed by atoms with E-state index in [0.29, 0.717) is 5.02 Å². The summed E-state index contributed by atoms with van der Waals surface area (Å²) in [6.45, 7) is 4.09. The lowest BCUT2D eigenvalue weighted by atomic mass is 9.87. The minimum atomic E-state index is -0.729. The Morgan fingerprint density at radius 1 is 1.56 bits per heavy atom. The molecule has 1 atom stereocenters. The number of aliphatic carboxylic acids is 1. The molecular weight excluding hydrogens is 254 g/mol. The molecule has 1 saturated heterocycles. The van der Waals surface area contributed by atoms with E-state index in [1.807, 2.05) is 6.07 Å². The second kappa shape index (κ2) is 5.16. The van der Waals surface area contributed by atoms with Gasteiger partial charge in [0, 0.05) is 19.6 Å². The number of phenolic OH excluding ortho intramolecular Hbond substituents is 1. The highest BCUT2D eigenvalue weighted by Crippen LogP contribution is 2.28. The third-order valence-corrected chi connectivity index (χ3v) is 3.80. The first-order valence-electron chi connectivity index (χ1n) is 5.90. The van der Waals surface area contributed by atoms with E-state index >= 15 is 0 Å². The van der Waals surface area contributed by atoms with Gasteiger partial charge >= 0.3 is 5.97 Å². The second-order valence-corrected chi connectivity index (χ2v) is 5.27. The van der Waals surface area contributed by atoms with Crippen LogP contribution in [-0.4, -0.2) is 34.2 Å². The maximum absolute atomic E-state index is 10.8. The summed E-state index contributed by atoms with van der Waals surface area (Å²) < 4.78 is 0. The van der Waals surface area contributed by atoms with Crippen molar-refractivity contribution in [2.75, 3.05) is 13.1 Å². The van der Waals surface area contributed by atoms with Gasteiger partial charge in [0.2, 0.25) is 0 Å². The third kappa shape index (κ3) is 2.76. The summed E-state index contributed by atoms with van der Waals surface area (Å²) in [6, 6.07) is 5.15. The number of rotatable bonds is 4. The molecule has 1 heterocycles. The van der Waals surface area contributed by atoms with Crippen molar-refractivity contribution < 1.29 is 15.0 Å². The molecule has 1 aromatic carbocycles. The van der Waals surface area contributed by atoms with Gasteiger partial charge in [-0.15, -0.1) is 0 Å². The lowest BCUT2D eigenvalue weighted by Crippen LogP contribution is -2.50. The van der Waals surface area contributed by atoms with Crippen molar-refractivity contribution in [3.8, 4) is 5.75 Å². The fourth-order valence-electron chi connectivity index (χ4n) is 2.16. The fourth-order valence-corrected chi connectivity index (χ4v) is 2.37. The number of carboxylic acid groups (broad SMARTS) is 1. The molecule has 0 aliphatic carbocycles. The van der Waals surface area contributed by atoms with Gasteiger partial charge in [-0.1, -0.05) is 24.6 Å². The third-order valence-electron chi connectivity index (χ3n) is 3.50. The normalized spacial score (nSPS) is 18.3. The number of halogens is 1. The summed E-state index contributed by atoms with van der Waals surface area (Å²) in [5.41, 5.74) is 1.03. The summed E-state index contributed by atoms with van der Waals surface area (Å²) >= 11 is 5.83. The highest BCUT2D eigenvalue weighted by Gasteiger charge is 2.34. The Bertz CT molecular complexity index is 458. The molecule has 0 amide bonds. The van der Waals surface area contributed by atoms with Crippen LogP contribution in [0.15, 0.2) is 18.2 Å². The topological polar surface area (TPSA) is 60.8 Å². The highest BCUT2D eigenvalue weighted by atomic mass is 35.5. The van der Waals surface area contributed by atoms with Crippen LogP contribution in [0.5, 0.6) is 5.75 Å². The first-order chi connectivity index (χ1) is 8.47. The predicted octanol–water partition coefficient (Wildman–Crippen LogP) is 2.20. The Labute approximate surface area is 111 Å². The van der Waals surface area contributed by atoms with E-state index in [0.717, 1.165) is 25.2 Å². The smallest absolute Gasteiger partial charge is 0.306 e. The van der Waals surface area contributed by atoms with Gasteiger partial charge in [-0.3, -0.25) is 9.69 Å². The van der Waals surface area contributed by atoms with Crippen molar-refractivity contribution in [1.82, 2.24) is 4.90 Å². The molecule has 0 spiro atoms. The zero-order valence-corrected chi connectivity index (χ0v) is 10.9. The maximum atomic E-state index is 10.8. The molecule has 0 radical (unpaired) electrons. The number of phenols is 1. The molecule has 2 rings (SSSR count). The number of benzene rings is 1.